The maximum absolute atomic E-state index is 2.60. The SMILES string of the molecule is CC.CC.CC.CC.CC.CC(C)C1=CCN(C(C)C)CC1.CC(C)C1CCN(C(C)C)CC1.CC(C)C1CCN(C(C)C)CC1.CC(C)N1CCC(C)(C(C)C)CC1.CC(C)N1CCN(C(C)C)CC1. The number of piperazine rings is 1. The number of hydrogen-bond donors (Lipinski definition) is 0. The quantitative estimate of drug-likeness (QED) is 0.202. The monoisotopic (exact) mass is 1010 g/mol. The highest BCUT2D eigenvalue weighted by Crippen LogP contribution is 2.38. The van der Waals surface area contributed by atoms with Crippen LogP contribution in [0.3, 0.4) is 0 Å². The minimum Gasteiger partial charge on any atom is -0.301 e. The first-order chi connectivity index (χ1) is 33.4. The van der Waals surface area contributed by atoms with E-state index in [1.54, 1.807) is 5.57 Å². The largest absolute Gasteiger partial charge is 0.301 e. The molecular weight excluding hydrogens is 865 g/mol. The Balaban J connectivity index is -0.000000244. The van der Waals surface area contributed by atoms with E-state index in [4.69, 9.17) is 0 Å². The first-order valence-corrected chi connectivity index (χ1v) is 31.5. The van der Waals surface area contributed by atoms with Crippen LogP contribution in [0.4, 0.5) is 0 Å². The molecule has 0 aliphatic carbocycles. The summed E-state index contributed by atoms with van der Waals surface area (Å²) in [5.41, 5.74) is 2.25. The average molecular weight is 1010 g/mol. The van der Waals surface area contributed by atoms with E-state index in [2.05, 4.69) is 181 Å². The number of rotatable bonds is 10. The number of hydrogen-bond acceptors (Lipinski definition) is 6. The summed E-state index contributed by atoms with van der Waals surface area (Å²) in [7, 11) is 0. The molecule has 0 atom stereocenters. The maximum atomic E-state index is 2.60. The molecule has 0 spiro atoms. The molecule has 4 saturated heterocycles. The molecule has 0 N–H and O–H groups in total. The highest BCUT2D eigenvalue weighted by Gasteiger charge is 2.33. The lowest BCUT2D eigenvalue weighted by molar-refractivity contribution is 0.0617. The van der Waals surface area contributed by atoms with E-state index >= 15 is 0 Å². The lowest BCUT2D eigenvalue weighted by Crippen LogP contribution is -2.50. The summed E-state index contributed by atoms with van der Waals surface area (Å²) in [6.45, 7) is 83.9. The summed E-state index contributed by atoms with van der Waals surface area (Å²) in [5.74, 6) is 5.33. The van der Waals surface area contributed by atoms with Gasteiger partial charge in [0.15, 0.2) is 0 Å². The smallest absolute Gasteiger partial charge is 0.0168 e. The van der Waals surface area contributed by atoms with Crippen molar-refractivity contribution in [1.82, 2.24) is 29.4 Å². The molecule has 5 rings (SSSR count). The molecule has 0 aromatic heterocycles. The highest BCUT2D eigenvalue weighted by molar-refractivity contribution is 5.09. The van der Waals surface area contributed by atoms with Crippen molar-refractivity contribution in [1.29, 1.82) is 0 Å². The molecule has 0 aromatic carbocycles. The van der Waals surface area contributed by atoms with E-state index < -0.39 is 0 Å². The van der Waals surface area contributed by atoms with Gasteiger partial charge in [-0.15, -0.1) is 0 Å². The predicted octanol–water partition coefficient (Wildman–Crippen LogP) is 17.9. The van der Waals surface area contributed by atoms with Crippen LogP contribution in [0.25, 0.3) is 0 Å². The Kier molecular flexibility index (Phi) is 53.6. The Labute approximate surface area is 454 Å². The maximum Gasteiger partial charge on any atom is 0.0168 e. The van der Waals surface area contributed by atoms with Gasteiger partial charge in [-0.3, -0.25) is 14.7 Å². The molecule has 0 saturated carbocycles. The lowest BCUT2D eigenvalue weighted by Gasteiger charge is -2.43. The third-order valence-corrected chi connectivity index (χ3v) is 16.1. The predicted molar refractivity (Wildman–Crippen MR) is 332 cm³/mol. The molecule has 5 heterocycles. The number of likely N-dealkylation sites (tertiary alicyclic amines) is 3. The second-order valence-electron chi connectivity index (χ2n) is 23.4. The fourth-order valence-corrected chi connectivity index (χ4v) is 9.80. The number of nitrogens with zero attached hydrogens (tertiary/aromatic N) is 6. The van der Waals surface area contributed by atoms with E-state index in [-0.39, 0.29) is 0 Å². The van der Waals surface area contributed by atoms with Crippen molar-refractivity contribution in [3.8, 4) is 0 Å². The standard InChI is InChI=1S/C12H25N.2C11H23N.C11H21N.C10H22N2.5C2H6/c1-10(2)12(5)6-8-13(9-7-12)11(3)4;4*1-9(2)11-5-7-12(8-6-11)10(3)4;5*1-2/h10-11H,6-9H2,1-5H3;2*9-11H,5-8H2,1-4H3;5,9-10H,6-8H2,1-4H3;9-10H,5-8H2,1-4H3;5*1-2H3. The minimum atomic E-state index is 0.603. The molecular formula is C65H144N6. The zero-order valence-corrected chi connectivity index (χ0v) is 55.6. The Bertz CT molecular complexity index is 967. The van der Waals surface area contributed by atoms with Crippen LogP contribution in [0.1, 0.15) is 260 Å². The van der Waals surface area contributed by atoms with E-state index in [0.29, 0.717) is 11.5 Å². The van der Waals surface area contributed by atoms with Crippen molar-refractivity contribution >= 4 is 0 Å². The van der Waals surface area contributed by atoms with Gasteiger partial charge >= 0.3 is 0 Å². The van der Waals surface area contributed by atoms with E-state index in [1.807, 2.05) is 69.2 Å². The van der Waals surface area contributed by atoms with Gasteiger partial charge in [0.05, 0.1) is 0 Å². The van der Waals surface area contributed by atoms with Gasteiger partial charge in [-0.2, -0.15) is 0 Å². The molecule has 0 amide bonds. The van der Waals surface area contributed by atoms with Crippen molar-refractivity contribution in [3.63, 3.8) is 0 Å². The van der Waals surface area contributed by atoms with Crippen LogP contribution in [0.15, 0.2) is 11.6 Å². The molecule has 0 unspecified atom stereocenters. The molecule has 0 aromatic rings. The van der Waals surface area contributed by atoms with Crippen molar-refractivity contribution in [2.75, 3.05) is 78.5 Å². The van der Waals surface area contributed by atoms with Gasteiger partial charge in [-0.05, 0) is 208 Å². The molecule has 5 aliphatic rings. The zero-order valence-electron chi connectivity index (χ0n) is 55.6. The summed E-state index contributed by atoms with van der Waals surface area (Å²) < 4.78 is 0. The van der Waals surface area contributed by atoms with E-state index in [9.17, 15) is 0 Å². The topological polar surface area (TPSA) is 19.4 Å². The van der Waals surface area contributed by atoms with Gasteiger partial charge in [0, 0.05) is 75.5 Å². The number of piperidine rings is 3. The van der Waals surface area contributed by atoms with Crippen LogP contribution >= 0.6 is 0 Å². The summed E-state index contributed by atoms with van der Waals surface area (Å²) in [5, 5.41) is 0. The normalized spacial score (nSPS) is 19.7. The Morgan fingerprint density at radius 1 is 0.352 bits per heavy atom. The van der Waals surface area contributed by atoms with Gasteiger partial charge < -0.3 is 14.7 Å². The second kappa shape index (κ2) is 47.9. The van der Waals surface area contributed by atoms with E-state index in [0.717, 1.165) is 72.3 Å². The first-order valence-electron chi connectivity index (χ1n) is 31.5. The van der Waals surface area contributed by atoms with Crippen LogP contribution in [0.5, 0.6) is 0 Å². The van der Waals surface area contributed by atoms with Gasteiger partial charge in [-0.1, -0.05) is 143 Å². The van der Waals surface area contributed by atoms with Gasteiger partial charge in [-0.25, -0.2) is 0 Å². The van der Waals surface area contributed by atoms with Crippen LogP contribution in [-0.2, 0) is 0 Å². The van der Waals surface area contributed by atoms with Crippen LogP contribution in [0, 0.1) is 40.9 Å². The average Bonchev–Trinajstić information content (AvgIpc) is 3.38. The van der Waals surface area contributed by atoms with Crippen molar-refractivity contribution in [3.05, 3.63) is 11.6 Å². The van der Waals surface area contributed by atoms with Gasteiger partial charge in [0.2, 0.25) is 0 Å². The third-order valence-electron chi connectivity index (χ3n) is 16.1. The van der Waals surface area contributed by atoms with Gasteiger partial charge in [0.25, 0.3) is 0 Å². The molecule has 4 fully saturated rings. The fourth-order valence-electron chi connectivity index (χ4n) is 9.80. The molecule has 6 heteroatoms. The van der Waals surface area contributed by atoms with Crippen LogP contribution in [-0.4, -0.2) is 144 Å². The molecule has 71 heavy (non-hydrogen) atoms. The lowest BCUT2D eigenvalue weighted by atomic mass is 9.72. The van der Waals surface area contributed by atoms with E-state index in [1.165, 1.54) is 117 Å². The fraction of sp³-hybridized carbons (Fsp3) is 0.969. The summed E-state index contributed by atoms with van der Waals surface area (Å²) in [4.78, 5) is 15.4. The van der Waals surface area contributed by atoms with Crippen molar-refractivity contribution in [2.24, 2.45) is 40.9 Å². The van der Waals surface area contributed by atoms with Crippen molar-refractivity contribution in [2.45, 2.75) is 296 Å². The molecule has 434 valence electrons. The highest BCUT2D eigenvalue weighted by atomic mass is 15.3. The van der Waals surface area contributed by atoms with Crippen LogP contribution < -0.4 is 0 Å². The summed E-state index contributed by atoms with van der Waals surface area (Å²) >= 11 is 0. The van der Waals surface area contributed by atoms with Crippen LogP contribution in [0.2, 0.25) is 0 Å². The molecule has 5 aliphatic heterocycles. The minimum absolute atomic E-state index is 0.603. The zero-order chi connectivity index (χ0) is 56.6. The Hall–Kier alpha value is -0.500. The molecule has 6 nitrogen and oxygen atoms in total. The molecule has 0 bridgehead atoms. The second-order valence-corrected chi connectivity index (χ2v) is 23.4. The first kappa shape index (κ1) is 79.4. The third kappa shape index (κ3) is 36.2. The summed E-state index contributed by atoms with van der Waals surface area (Å²) in [6, 6.07) is 4.38. The van der Waals surface area contributed by atoms with Gasteiger partial charge in [0.1, 0.15) is 0 Å². The molecule has 0 radical (unpaired) electrons. The Morgan fingerprint density at radius 2 is 0.606 bits per heavy atom. The Morgan fingerprint density at radius 3 is 0.803 bits per heavy atom. The summed E-state index contributed by atoms with van der Waals surface area (Å²) in [6.07, 6.45) is 12.1. The van der Waals surface area contributed by atoms with Crippen molar-refractivity contribution < 1.29 is 0 Å².